The fraction of sp³-hybridized carbons (Fsp3) is 0.750. The zero-order valence-corrected chi connectivity index (χ0v) is 10.6. The van der Waals surface area contributed by atoms with Crippen LogP contribution in [0, 0.1) is 12.3 Å². The lowest BCUT2D eigenvalue weighted by Gasteiger charge is -2.19. The Bertz CT molecular complexity index is 453. The van der Waals surface area contributed by atoms with Crippen molar-refractivity contribution in [3.8, 4) is 12.3 Å². The highest BCUT2D eigenvalue weighted by atomic mass is 32.2. The molecule has 0 aliphatic rings. The summed E-state index contributed by atoms with van der Waals surface area (Å²) in [6, 6.07) is 0. The topological polar surface area (TPSA) is 80.3 Å². The van der Waals surface area contributed by atoms with Crippen molar-refractivity contribution in [2.75, 3.05) is 17.8 Å². The van der Waals surface area contributed by atoms with E-state index >= 15 is 0 Å². The van der Waals surface area contributed by atoms with Crippen molar-refractivity contribution in [2.24, 2.45) is 0 Å². The maximum Gasteiger partial charge on any atom is 0.213 e. The van der Waals surface area contributed by atoms with Gasteiger partial charge in [0.25, 0.3) is 0 Å². The fourth-order valence-electron chi connectivity index (χ4n) is 0.730. The third-order valence-electron chi connectivity index (χ3n) is 1.49. The summed E-state index contributed by atoms with van der Waals surface area (Å²) in [5.41, 5.74) is -1.00. The largest absolute Gasteiger partial charge is 0.229 e. The molecule has 0 rings (SSSR count). The van der Waals surface area contributed by atoms with E-state index in [-0.39, 0.29) is 0 Å². The fourth-order valence-corrected chi connectivity index (χ4v) is 3.76. The molecule has 0 saturated carbocycles. The van der Waals surface area contributed by atoms with Gasteiger partial charge in [0.05, 0.1) is 17.0 Å². The molecule has 5 nitrogen and oxygen atoms in total. The van der Waals surface area contributed by atoms with Crippen LogP contribution in [0.5, 0.6) is 0 Å². The van der Waals surface area contributed by atoms with Crippen molar-refractivity contribution < 1.29 is 16.8 Å². The monoisotopic (exact) mass is 253 g/mol. The smallest absolute Gasteiger partial charge is 0.213 e. The van der Waals surface area contributed by atoms with E-state index in [1.165, 1.54) is 13.8 Å². The normalized spacial score (nSPS) is 13.5. The molecule has 0 radical (unpaired) electrons. The number of sulfonamides is 1. The molecule has 0 aromatic rings. The van der Waals surface area contributed by atoms with E-state index in [2.05, 4.69) is 10.6 Å². The zero-order valence-electron chi connectivity index (χ0n) is 8.94. The van der Waals surface area contributed by atoms with Gasteiger partial charge in [-0.2, -0.15) is 4.72 Å². The Hall–Kier alpha value is -0.580. The summed E-state index contributed by atoms with van der Waals surface area (Å²) in [6.07, 6.45) is 6.08. The van der Waals surface area contributed by atoms with Crippen LogP contribution in [0.2, 0.25) is 0 Å². The summed E-state index contributed by atoms with van der Waals surface area (Å²) in [5.74, 6) is 1.37. The van der Waals surface area contributed by atoms with Crippen LogP contribution in [0.15, 0.2) is 0 Å². The van der Waals surface area contributed by atoms with Crippen LogP contribution in [-0.2, 0) is 19.9 Å². The van der Waals surface area contributed by atoms with Gasteiger partial charge in [-0.05, 0) is 13.8 Å². The van der Waals surface area contributed by atoms with E-state index in [4.69, 9.17) is 6.42 Å². The van der Waals surface area contributed by atoms with Gasteiger partial charge in [0.2, 0.25) is 10.0 Å². The molecule has 1 N–H and O–H groups in total. The Morgan fingerprint density at radius 1 is 1.20 bits per heavy atom. The van der Waals surface area contributed by atoms with Gasteiger partial charge in [-0.1, -0.05) is 5.92 Å². The molecule has 7 heteroatoms. The van der Waals surface area contributed by atoms with E-state index in [0.29, 0.717) is 0 Å². The van der Waals surface area contributed by atoms with Crippen LogP contribution < -0.4 is 4.72 Å². The molecule has 15 heavy (non-hydrogen) atoms. The molecule has 0 spiro atoms. The summed E-state index contributed by atoms with van der Waals surface area (Å²) in [7, 11) is -6.95. The van der Waals surface area contributed by atoms with Gasteiger partial charge in [-0.25, -0.2) is 16.8 Å². The third-order valence-corrected chi connectivity index (χ3v) is 4.26. The standard InChI is InChI=1S/C8H15NO4S2/c1-5-8(2,3)9-15(12,13)7-6-14(4,10)11/h1,9H,6-7H2,2-4H3. The van der Waals surface area contributed by atoms with Crippen molar-refractivity contribution >= 4 is 19.9 Å². The number of sulfone groups is 1. The molecule has 0 saturated heterocycles. The van der Waals surface area contributed by atoms with Crippen molar-refractivity contribution in [2.45, 2.75) is 19.4 Å². The molecule has 0 aliphatic heterocycles. The number of terminal acetylenes is 1. The van der Waals surface area contributed by atoms with Crippen molar-refractivity contribution in [1.29, 1.82) is 0 Å². The maximum absolute atomic E-state index is 11.4. The van der Waals surface area contributed by atoms with Crippen LogP contribution >= 0.6 is 0 Å². The maximum atomic E-state index is 11.4. The highest BCUT2D eigenvalue weighted by Gasteiger charge is 2.23. The molecule has 0 aliphatic carbocycles. The second kappa shape index (κ2) is 4.51. The van der Waals surface area contributed by atoms with Crippen LogP contribution in [0.3, 0.4) is 0 Å². The minimum atomic E-state index is -3.66. The first kappa shape index (κ1) is 14.4. The van der Waals surface area contributed by atoms with Gasteiger partial charge in [0, 0.05) is 6.26 Å². The first-order valence-corrected chi connectivity index (χ1v) is 7.86. The van der Waals surface area contributed by atoms with Gasteiger partial charge in [-0.3, -0.25) is 0 Å². The highest BCUT2D eigenvalue weighted by molar-refractivity contribution is 7.93. The van der Waals surface area contributed by atoms with Gasteiger partial charge in [-0.15, -0.1) is 6.42 Å². The van der Waals surface area contributed by atoms with Gasteiger partial charge < -0.3 is 0 Å². The molecule has 0 atom stereocenters. The summed E-state index contributed by atoms with van der Waals surface area (Å²) in [5, 5.41) is 0. The van der Waals surface area contributed by atoms with Crippen molar-refractivity contribution in [3.05, 3.63) is 0 Å². The first-order valence-electron chi connectivity index (χ1n) is 4.15. The third kappa shape index (κ3) is 7.36. The molecule has 0 amide bonds. The Labute approximate surface area is 91.2 Å². The average molecular weight is 253 g/mol. The zero-order chi connectivity index (χ0) is 12.3. The van der Waals surface area contributed by atoms with Crippen LogP contribution in [0.25, 0.3) is 0 Å². The SMILES string of the molecule is C#CC(C)(C)NS(=O)(=O)CCS(C)(=O)=O. The Morgan fingerprint density at radius 3 is 2.00 bits per heavy atom. The van der Waals surface area contributed by atoms with E-state index in [0.717, 1.165) is 6.26 Å². The molecular weight excluding hydrogens is 238 g/mol. The average Bonchev–Trinajstić information content (AvgIpc) is 1.98. The summed E-state index contributed by atoms with van der Waals surface area (Å²) < 4.78 is 46.5. The Kier molecular flexibility index (Phi) is 4.34. The summed E-state index contributed by atoms with van der Waals surface area (Å²) >= 11 is 0. The van der Waals surface area contributed by atoms with Crippen molar-refractivity contribution in [3.63, 3.8) is 0 Å². The van der Waals surface area contributed by atoms with Gasteiger partial charge >= 0.3 is 0 Å². The minimum absolute atomic E-state index is 0.414. The molecule has 0 unspecified atom stereocenters. The molecule has 0 heterocycles. The molecule has 0 aromatic carbocycles. The van der Waals surface area contributed by atoms with Gasteiger partial charge in [0.15, 0.2) is 0 Å². The predicted molar refractivity (Wildman–Crippen MR) is 59.5 cm³/mol. The van der Waals surface area contributed by atoms with Crippen LogP contribution in [0.4, 0.5) is 0 Å². The predicted octanol–water partition coefficient (Wildman–Crippen LogP) is -0.638. The Morgan fingerprint density at radius 2 is 1.67 bits per heavy atom. The number of hydrogen-bond donors (Lipinski definition) is 1. The number of hydrogen-bond acceptors (Lipinski definition) is 4. The van der Waals surface area contributed by atoms with Crippen LogP contribution in [0.1, 0.15) is 13.8 Å². The van der Waals surface area contributed by atoms with Gasteiger partial charge in [0.1, 0.15) is 9.84 Å². The lowest BCUT2D eigenvalue weighted by atomic mass is 10.1. The second-order valence-electron chi connectivity index (χ2n) is 3.82. The summed E-state index contributed by atoms with van der Waals surface area (Å²) in [4.78, 5) is 0. The quantitative estimate of drug-likeness (QED) is 0.661. The highest BCUT2D eigenvalue weighted by Crippen LogP contribution is 2.02. The molecular formula is C8H15NO4S2. The molecule has 0 fully saturated rings. The van der Waals surface area contributed by atoms with E-state index < -0.39 is 36.9 Å². The van der Waals surface area contributed by atoms with E-state index in [1.54, 1.807) is 0 Å². The van der Waals surface area contributed by atoms with Crippen molar-refractivity contribution in [1.82, 2.24) is 4.72 Å². The molecule has 88 valence electrons. The van der Waals surface area contributed by atoms with E-state index in [9.17, 15) is 16.8 Å². The first-order chi connectivity index (χ1) is 6.47. The minimum Gasteiger partial charge on any atom is -0.229 e. The Balaban J connectivity index is 4.56. The second-order valence-corrected chi connectivity index (χ2v) is 7.92. The number of rotatable bonds is 5. The lowest BCUT2D eigenvalue weighted by molar-refractivity contribution is 0.539. The number of nitrogens with one attached hydrogen (secondary N) is 1. The molecule has 0 aromatic heterocycles. The van der Waals surface area contributed by atoms with E-state index in [1.807, 2.05) is 0 Å². The van der Waals surface area contributed by atoms with Crippen LogP contribution in [-0.4, -0.2) is 40.1 Å². The lowest BCUT2D eigenvalue weighted by Crippen LogP contribution is -2.44. The summed E-state index contributed by atoms with van der Waals surface area (Å²) in [6.45, 7) is 3.04. The molecule has 0 bridgehead atoms.